The molecule has 1 N–H and O–H groups in total. The van der Waals surface area contributed by atoms with Gasteiger partial charge in [-0.15, -0.1) is 0 Å². The quantitative estimate of drug-likeness (QED) is 0.243. The molecule has 0 aliphatic carbocycles. The molecule has 140 valence electrons. The molecule has 25 heavy (non-hydrogen) atoms. The number of nitro groups is 1. The van der Waals surface area contributed by atoms with Crippen LogP contribution in [0.1, 0.15) is 82.6 Å². The van der Waals surface area contributed by atoms with E-state index in [0.29, 0.717) is 6.42 Å². The zero-order valence-corrected chi connectivity index (χ0v) is 15.1. The van der Waals surface area contributed by atoms with Crippen LogP contribution in [0.5, 0.6) is 0 Å². The first-order valence-corrected chi connectivity index (χ1v) is 9.54. The molecule has 1 aromatic rings. The third-order valence-electron chi connectivity index (χ3n) is 4.50. The maximum absolute atomic E-state index is 10.6. The number of hydrogen-bond donors (Lipinski definition) is 1. The van der Waals surface area contributed by atoms with Gasteiger partial charge in [-0.05, 0) is 24.8 Å². The van der Waals surface area contributed by atoms with Crippen LogP contribution in [0.2, 0.25) is 0 Å². The first-order valence-electron chi connectivity index (χ1n) is 9.54. The first kappa shape index (κ1) is 21.1. The Bertz CT molecular complexity index is 499. The molecule has 0 heterocycles. The van der Waals surface area contributed by atoms with Crippen LogP contribution >= 0.6 is 0 Å². The second-order valence-electron chi connectivity index (χ2n) is 6.71. The number of benzene rings is 1. The van der Waals surface area contributed by atoms with Crippen molar-refractivity contribution >= 4 is 11.7 Å². The Morgan fingerprint density at radius 3 is 1.68 bits per heavy atom. The molecule has 0 unspecified atom stereocenters. The standard InChI is InChI=1S/C20H31NO4/c22-20(23)13-11-9-7-5-3-1-2-4-6-8-10-12-18-14-16-19(17-15-18)21(24)25/h14-17H,1-13H2,(H,22,23). The summed E-state index contributed by atoms with van der Waals surface area (Å²) in [6.45, 7) is 0. The van der Waals surface area contributed by atoms with Gasteiger partial charge in [0, 0.05) is 18.6 Å². The molecule has 1 aromatic carbocycles. The van der Waals surface area contributed by atoms with E-state index in [9.17, 15) is 14.9 Å². The SMILES string of the molecule is O=C(O)CCCCCCCCCCCCCc1ccc([N+](=O)[O-])cc1. The van der Waals surface area contributed by atoms with Crippen molar-refractivity contribution in [2.45, 2.75) is 83.5 Å². The number of carbonyl (C=O) groups is 1. The fraction of sp³-hybridized carbons (Fsp3) is 0.650. The van der Waals surface area contributed by atoms with Crippen molar-refractivity contribution in [3.8, 4) is 0 Å². The molecule has 0 amide bonds. The van der Waals surface area contributed by atoms with E-state index in [1.54, 1.807) is 12.1 Å². The second-order valence-corrected chi connectivity index (χ2v) is 6.71. The van der Waals surface area contributed by atoms with Gasteiger partial charge in [0.1, 0.15) is 0 Å². The van der Waals surface area contributed by atoms with E-state index in [1.165, 1.54) is 50.5 Å². The fourth-order valence-electron chi connectivity index (χ4n) is 2.98. The first-order chi connectivity index (χ1) is 12.1. The molecule has 0 aromatic heterocycles. The summed E-state index contributed by atoms with van der Waals surface area (Å²) in [4.78, 5) is 20.6. The summed E-state index contributed by atoms with van der Waals surface area (Å²) < 4.78 is 0. The number of non-ortho nitro benzene ring substituents is 1. The van der Waals surface area contributed by atoms with Gasteiger partial charge in [-0.25, -0.2) is 0 Å². The monoisotopic (exact) mass is 349 g/mol. The molecule has 0 saturated heterocycles. The lowest BCUT2D eigenvalue weighted by Crippen LogP contribution is -1.93. The predicted molar refractivity (Wildman–Crippen MR) is 99.8 cm³/mol. The normalized spacial score (nSPS) is 10.7. The largest absolute Gasteiger partial charge is 0.481 e. The zero-order chi connectivity index (χ0) is 18.3. The number of rotatable bonds is 15. The van der Waals surface area contributed by atoms with Crippen LogP contribution in [0.4, 0.5) is 5.69 Å². The van der Waals surface area contributed by atoms with E-state index in [4.69, 9.17) is 5.11 Å². The van der Waals surface area contributed by atoms with E-state index in [0.717, 1.165) is 32.1 Å². The van der Waals surface area contributed by atoms with Crippen LogP contribution in [0.15, 0.2) is 24.3 Å². The summed E-state index contributed by atoms with van der Waals surface area (Å²) in [5.41, 5.74) is 1.33. The Balaban J connectivity index is 1.87. The summed E-state index contributed by atoms with van der Waals surface area (Å²) >= 11 is 0. The van der Waals surface area contributed by atoms with Crippen molar-refractivity contribution in [2.24, 2.45) is 0 Å². The van der Waals surface area contributed by atoms with Gasteiger partial charge in [0.2, 0.25) is 0 Å². The average molecular weight is 349 g/mol. The number of hydrogen-bond acceptors (Lipinski definition) is 3. The van der Waals surface area contributed by atoms with Crippen LogP contribution in [0.25, 0.3) is 0 Å². The van der Waals surface area contributed by atoms with Crippen LogP contribution in [-0.2, 0) is 11.2 Å². The Morgan fingerprint density at radius 2 is 1.24 bits per heavy atom. The number of unbranched alkanes of at least 4 members (excludes halogenated alkanes) is 10. The summed E-state index contributed by atoms with van der Waals surface area (Å²) in [7, 11) is 0. The van der Waals surface area contributed by atoms with Gasteiger partial charge in [-0.1, -0.05) is 69.9 Å². The summed E-state index contributed by atoms with van der Waals surface area (Å²) in [5, 5.41) is 19.1. The highest BCUT2D eigenvalue weighted by Gasteiger charge is 2.03. The van der Waals surface area contributed by atoms with Crippen molar-refractivity contribution in [3.05, 3.63) is 39.9 Å². The lowest BCUT2D eigenvalue weighted by molar-refractivity contribution is -0.384. The molecule has 0 spiro atoms. The van der Waals surface area contributed by atoms with E-state index < -0.39 is 5.97 Å². The predicted octanol–water partition coefficient (Wildman–Crippen LogP) is 5.90. The number of nitrogens with zero attached hydrogens (tertiary/aromatic N) is 1. The van der Waals surface area contributed by atoms with Gasteiger partial charge < -0.3 is 5.11 Å². The number of aliphatic carboxylic acids is 1. The van der Waals surface area contributed by atoms with Crippen molar-refractivity contribution in [3.63, 3.8) is 0 Å². The molecule has 0 aliphatic heterocycles. The maximum atomic E-state index is 10.6. The van der Waals surface area contributed by atoms with E-state index in [2.05, 4.69) is 0 Å². The van der Waals surface area contributed by atoms with Crippen molar-refractivity contribution in [1.82, 2.24) is 0 Å². The number of carboxylic acids is 1. The number of aryl methyl sites for hydroxylation is 1. The van der Waals surface area contributed by atoms with Crippen LogP contribution in [0.3, 0.4) is 0 Å². The molecule has 5 heteroatoms. The van der Waals surface area contributed by atoms with E-state index >= 15 is 0 Å². The smallest absolute Gasteiger partial charge is 0.303 e. The Morgan fingerprint density at radius 1 is 0.800 bits per heavy atom. The molecule has 5 nitrogen and oxygen atoms in total. The Labute approximate surface area is 150 Å². The third-order valence-corrected chi connectivity index (χ3v) is 4.50. The van der Waals surface area contributed by atoms with Gasteiger partial charge in [0.25, 0.3) is 5.69 Å². The van der Waals surface area contributed by atoms with Gasteiger partial charge in [0.15, 0.2) is 0 Å². The maximum Gasteiger partial charge on any atom is 0.303 e. The Hall–Kier alpha value is -1.91. The molecule has 0 aliphatic rings. The third kappa shape index (κ3) is 11.3. The minimum Gasteiger partial charge on any atom is -0.481 e. The topological polar surface area (TPSA) is 80.4 Å². The zero-order valence-electron chi connectivity index (χ0n) is 15.1. The lowest BCUT2D eigenvalue weighted by Gasteiger charge is -2.03. The van der Waals surface area contributed by atoms with Gasteiger partial charge in [-0.2, -0.15) is 0 Å². The van der Waals surface area contributed by atoms with Crippen LogP contribution in [0, 0.1) is 10.1 Å². The molecule has 0 saturated carbocycles. The summed E-state index contributed by atoms with van der Waals surface area (Å²) in [5.74, 6) is -0.687. The number of nitro benzene ring substituents is 1. The highest BCUT2D eigenvalue weighted by Crippen LogP contribution is 2.15. The van der Waals surface area contributed by atoms with Crippen LogP contribution < -0.4 is 0 Å². The van der Waals surface area contributed by atoms with Gasteiger partial charge in [0.05, 0.1) is 4.92 Å². The summed E-state index contributed by atoms with van der Waals surface area (Å²) in [6.07, 6.45) is 14.2. The van der Waals surface area contributed by atoms with Gasteiger partial charge >= 0.3 is 5.97 Å². The minimum atomic E-state index is -0.687. The molecular weight excluding hydrogens is 318 g/mol. The highest BCUT2D eigenvalue weighted by molar-refractivity contribution is 5.66. The van der Waals surface area contributed by atoms with E-state index in [-0.39, 0.29) is 10.6 Å². The minimum absolute atomic E-state index is 0.158. The van der Waals surface area contributed by atoms with Crippen molar-refractivity contribution < 1.29 is 14.8 Å². The molecule has 0 atom stereocenters. The molecule has 1 rings (SSSR count). The van der Waals surface area contributed by atoms with Crippen molar-refractivity contribution in [1.29, 1.82) is 0 Å². The second kappa shape index (κ2) is 13.4. The molecular formula is C20H31NO4. The van der Waals surface area contributed by atoms with Crippen LogP contribution in [-0.4, -0.2) is 16.0 Å². The number of carboxylic acid groups (broad SMARTS) is 1. The summed E-state index contributed by atoms with van der Waals surface area (Å²) in [6, 6.07) is 6.87. The fourth-order valence-corrected chi connectivity index (χ4v) is 2.98. The highest BCUT2D eigenvalue weighted by atomic mass is 16.6. The molecule has 0 bridgehead atoms. The van der Waals surface area contributed by atoms with E-state index in [1.807, 2.05) is 12.1 Å². The average Bonchev–Trinajstić information content (AvgIpc) is 2.59. The van der Waals surface area contributed by atoms with Gasteiger partial charge in [-0.3, -0.25) is 14.9 Å². The molecule has 0 fully saturated rings. The molecule has 0 radical (unpaired) electrons. The van der Waals surface area contributed by atoms with Crippen molar-refractivity contribution in [2.75, 3.05) is 0 Å². The Kier molecular flexibility index (Phi) is 11.3. The lowest BCUT2D eigenvalue weighted by atomic mass is 10.0.